The van der Waals surface area contributed by atoms with E-state index in [9.17, 15) is 13.9 Å². The van der Waals surface area contributed by atoms with Crippen molar-refractivity contribution in [1.29, 1.82) is 0 Å². The first kappa shape index (κ1) is 13.8. The minimum Gasteiger partial charge on any atom is -0.491 e. The summed E-state index contributed by atoms with van der Waals surface area (Å²) >= 11 is 0. The maximum atomic E-state index is 14.2. The number of aliphatic imine (C=N–C) groups is 1. The first-order chi connectivity index (χ1) is 11.1. The quantitative estimate of drug-likeness (QED) is 0.851. The molecule has 2 aromatic rings. The molecule has 0 unspecified atom stereocenters. The second-order valence-electron chi connectivity index (χ2n) is 5.35. The van der Waals surface area contributed by atoms with Crippen molar-refractivity contribution in [3.8, 4) is 0 Å². The van der Waals surface area contributed by atoms with Crippen LogP contribution in [0.5, 0.6) is 0 Å². The van der Waals surface area contributed by atoms with Crippen LogP contribution in [0.1, 0.15) is 11.1 Å². The van der Waals surface area contributed by atoms with Gasteiger partial charge in [0.2, 0.25) is 0 Å². The van der Waals surface area contributed by atoms with Crippen LogP contribution in [-0.4, -0.2) is 23.9 Å². The zero-order valence-corrected chi connectivity index (χ0v) is 12.1. The average molecular weight is 313 g/mol. The third kappa shape index (κ3) is 2.14. The van der Waals surface area contributed by atoms with Crippen LogP contribution in [-0.2, 0) is 0 Å². The van der Waals surface area contributed by atoms with Crippen molar-refractivity contribution in [3.63, 3.8) is 0 Å². The Labute approximate surface area is 131 Å². The molecule has 2 aliphatic heterocycles. The van der Waals surface area contributed by atoms with Crippen molar-refractivity contribution in [2.45, 2.75) is 0 Å². The van der Waals surface area contributed by atoms with Crippen molar-refractivity contribution in [3.05, 3.63) is 76.9 Å². The summed E-state index contributed by atoms with van der Waals surface area (Å²) in [6, 6.07) is 10.4. The Hall–Kier alpha value is -2.89. The molecule has 0 bridgehead atoms. The topological polar surface area (TPSA) is 47.9 Å². The van der Waals surface area contributed by atoms with Crippen LogP contribution in [0.3, 0.4) is 0 Å². The average Bonchev–Trinajstić information content (AvgIpc) is 2.99. The molecule has 116 valence electrons. The first-order valence-electron chi connectivity index (χ1n) is 7.23. The summed E-state index contributed by atoms with van der Waals surface area (Å²) in [4.78, 5) is 5.99. The summed E-state index contributed by atoms with van der Waals surface area (Å²) < 4.78 is 28.0. The zero-order valence-electron chi connectivity index (χ0n) is 12.1. The Bertz CT molecular complexity index is 861. The summed E-state index contributed by atoms with van der Waals surface area (Å²) in [5.74, 6) is -0.710. The molecule has 2 aromatic carbocycles. The molecule has 2 aliphatic rings. The standard InChI is InChI=1S/C17H13F2N3O/c18-10-5-6-14-12(9-10)15(11-3-1-2-4-13(11)19)21-17(23)16-20-7-8-22(14)16/h1-6,9,20,23H,7-8H2. The van der Waals surface area contributed by atoms with Gasteiger partial charge < -0.3 is 15.3 Å². The number of nitrogens with one attached hydrogen (secondary N) is 1. The minimum atomic E-state index is -0.478. The number of halogens is 2. The highest BCUT2D eigenvalue weighted by Crippen LogP contribution is 2.33. The van der Waals surface area contributed by atoms with Gasteiger partial charge in [0.15, 0.2) is 5.82 Å². The molecule has 0 aliphatic carbocycles. The lowest BCUT2D eigenvalue weighted by atomic mass is 9.99. The third-order valence-electron chi connectivity index (χ3n) is 3.96. The summed E-state index contributed by atoms with van der Waals surface area (Å²) in [6.45, 7) is 1.25. The summed E-state index contributed by atoms with van der Waals surface area (Å²) in [5, 5.41) is 13.3. The Kier molecular flexibility index (Phi) is 3.04. The van der Waals surface area contributed by atoms with Gasteiger partial charge in [0.05, 0.1) is 11.4 Å². The van der Waals surface area contributed by atoms with E-state index in [1.54, 1.807) is 24.3 Å². The molecule has 1 saturated heterocycles. The number of hydrogen-bond donors (Lipinski definition) is 2. The van der Waals surface area contributed by atoms with E-state index < -0.39 is 11.6 Å². The van der Waals surface area contributed by atoms with Crippen molar-refractivity contribution >= 4 is 11.4 Å². The van der Waals surface area contributed by atoms with E-state index in [4.69, 9.17) is 0 Å². The second-order valence-corrected chi connectivity index (χ2v) is 5.35. The highest BCUT2D eigenvalue weighted by molar-refractivity contribution is 6.17. The van der Waals surface area contributed by atoms with Crippen molar-refractivity contribution in [2.24, 2.45) is 4.99 Å². The fourth-order valence-electron chi connectivity index (χ4n) is 2.94. The molecule has 2 heterocycles. The van der Waals surface area contributed by atoms with Crippen LogP contribution in [0, 0.1) is 11.6 Å². The van der Waals surface area contributed by atoms with Gasteiger partial charge in [-0.15, -0.1) is 0 Å². The van der Waals surface area contributed by atoms with E-state index in [1.807, 2.05) is 4.90 Å². The lowest BCUT2D eigenvalue weighted by Crippen LogP contribution is -2.21. The van der Waals surface area contributed by atoms with Crippen molar-refractivity contribution in [1.82, 2.24) is 5.32 Å². The van der Waals surface area contributed by atoms with E-state index in [1.165, 1.54) is 18.2 Å². The van der Waals surface area contributed by atoms with E-state index in [2.05, 4.69) is 10.3 Å². The van der Waals surface area contributed by atoms with Gasteiger partial charge in [0.25, 0.3) is 5.88 Å². The number of anilines is 1. The molecule has 4 rings (SSSR count). The van der Waals surface area contributed by atoms with Crippen LogP contribution in [0.4, 0.5) is 14.5 Å². The van der Waals surface area contributed by atoms with Gasteiger partial charge in [0, 0.05) is 24.2 Å². The summed E-state index contributed by atoms with van der Waals surface area (Å²) in [6.07, 6.45) is 0. The van der Waals surface area contributed by atoms with E-state index >= 15 is 0 Å². The second kappa shape index (κ2) is 5.08. The Morgan fingerprint density at radius 2 is 1.91 bits per heavy atom. The molecule has 6 heteroatoms. The van der Waals surface area contributed by atoms with E-state index in [0.29, 0.717) is 30.2 Å². The lowest BCUT2D eigenvalue weighted by molar-refractivity contribution is 0.395. The summed E-state index contributed by atoms with van der Waals surface area (Å²) in [7, 11) is 0. The Morgan fingerprint density at radius 1 is 1.09 bits per heavy atom. The van der Waals surface area contributed by atoms with E-state index in [-0.39, 0.29) is 17.2 Å². The van der Waals surface area contributed by atoms with Gasteiger partial charge in [-0.05, 0) is 30.3 Å². The number of hydrogen-bond acceptors (Lipinski definition) is 4. The molecule has 0 aromatic heterocycles. The monoisotopic (exact) mass is 313 g/mol. The number of benzene rings is 2. The van der Waals surface area contributed by atoms with Crippen LogP contribution < -0.4 is 10.2 Å². The highest BCUT2D eigenvalue weighted by Gasteiger charge is 2.30. The van der Waals surface area contributed by atoms with Crippen LogP contribution >= 0.6 is 0 Å². The normalized spacial score (nSPS) is 16.4. The molecule has 23 heavy (non-hydrogen) atoms. The molecular weight excluding hydrogens is 300 g/mol. The lowest BCUT2D eigenvalue weighted by Gasteiger charge is -2.20. The van der Waals surface area contributed by atoms with Crippen LogP contribution in [0.2, 0.25) is 0 Å². The largest absolute Gasteiger partial charge is 0.491 e. The molecule has 0 radical (unpaired) electrons. The fraction of sp³-hybridized carbons (Fsp3) is 0.118. The Morgan fingerprint density at radius 3 is 2.74 bits per heavy atom. The minimum absolute atomic E-state index is 0.207. The van der Waals surface area contributed by atoms with E-state index in [0.717, 1.165) is 0 Å². The van der Waals surface area contributed by atoms with Crippen molar-refractivity contribution < 1.29 is 13.9 Å². The third-order valence-corrected chi connectivity index (χ3v) is 3.96. The van der Waals surface area contributed by atoms with Crippen molar-refractivity contribution in [2.75, 3.05) is 18.0 Å². The molecule has 0 saturated carbocycles. The zero-order chi connectivity index (χ0) is 16.0. The van der Waals surface area contributed by atoms with Gasteiger partial charge in [-0.1, -0.05) is 12.1 Å². The molecular formula is C17H13F2N3O. The maximum Gasteiger partial charge on any atom is 0.253 e. The van der Waals surface area contributed by atoms with Gasteiger partial charge in [0.1, 0.15) is 11.6 Å². The van der Waals surface area contributed by atoms with Gasteiger partial charge >= 0.3 is 0 Å². The highest BCUT2D eigenvalue weighted by atomic mass is 19.1. The van der Waals surface area contributed by atoms with Gasteiger partial charge in [-0.2, -0.15) is 0 Å². The molecule has 2 N–H and O–H groups in total. The van der Waals surface area contributed by atoms with Gasteiger partial charge in [-0.3, -0.25) is 0 Å². The van der Waals surface area contributed by atoms with Gasteiger partial charge in [-0.25, -0.2) is 13.8 Å². The number of nitrogens with zero attached hydrogens (tertiary/aromatic N) is 2. The predicted molar refractivity (Wildman–Crippen MR) is 83.4 cm³/mol. The molecule has 0 atom stereocenters. The maximum absolute atomic E-state index is 14.2. The Balaban J connectivity index is 2.02. The number of rotatable bonds is 1. The van der Waals surface area contributed by atoms with Crippen LogP contribution in [0.25, 0.3) is 0 Å². The predicted octanol–water partition coefficient (Wildman–Crippen LogP) is 2.91. The molecule has 1 fully saturated rings. The molecule has 0 spiro atoms. The molecule has 4 nitrogen and oxygen atoms in total. The number of fused-ring (bicyclic) bond motifs is 3. The smallest absolute Gasteiger partial charge is 0.253 e. The molecule has 0 amide bonds. The number of aliphatic hydroxyl groups is 1. The fourth-order valence-corrected chi connectivity index (χ4v) is 2.94. The van der Waals surface area contributed by atoms with Crippen LogP contribution in [0.15, 0.2) is 59.2 Å². The number of aliphatic hydroxyl groups excluding tert-OH is 1. The SMILES string of the molecule is OC1=C2NCCN2c2ccc(F)cc2C(c2ccccc2F)=N1. The first-order valence-corrected chi connectivity index (χ1v) is 7.23. The summed E-state index contributed by atoms with van der Waals surface area (Å²) in [5.41, 5.74) is 1.55.